The minimum absolute atomic E-state index is 0.476. The van der Waals surface area contributed by atoms with E-state index in [0.29, 0.717) is 18.4 Å². The predicted molar refractivity (Wildman–Crippen MR) is 66.3 cm³/mol. The van der Waals surface area contributed by atoms with Crippen molar-refractivity contribution in [3.63, 3.8) is 0 Å². The number of nitrogens with one attached hydrogen (secondary N) is 1. The molecule has 3 rings (SSSR count). The lowest BCUT2D eigenvalue weighted by Crippen LogP contribution is -2.01. The topological polar surface area (TPSA) is 68.2 Å². The van der Waals surface area contributed by atoms with Gasteiger partial charge in [-0.3, -0.25) is 0 Å². The van der Waals surface area contributed by atoms with E-state index in [9.17, 15) is 0 Å². The molecular formula is C12H13N5O. The Morgan fingerprint density at radius 1 is 1.33 bits per heavy atom. The molecule has 6 nitrogen and oxygen atoms in total. The molecule has 0 radical (unpaired) electrons. The lowest BCUT2D eigenvalue weighted by atomic mass is 10.4. The third kappa shape index (κ3) is 1.92. The molecule has 92 valence electrons. The third-order valence-electron chi connectivity index (χ3n) is 2.62. The fourth-order valence-corrected chi connectivity index (χ4v) is 1.75. The average molecular weight is 243 g/mol. The van der Waals surface area contributed by atoms with Crippen LogP contribution in [0.2, 0.25) is 0 Å². The monoisotopic (exact) mass is 243 g/mol. The van der Waals surface area contributed by atoms with Gasteiger partial charge in [0.25, 0.3) is 0 Å². The first-order chi connectivity index (χ1) is 8.72. The molecule has 0 bridgehead atoms. The van der Waals surface area contributed by atoms with Crippen LogP contribution in [0.4, 0.5) is 5.95 Å². The molecule has 3 heterocycles. The lowest BCUT2D eigenvalue weighted by molar-refractivity contribution is 0.478. The van der Waals surface area contributed by atoms with Crippen molar-refractivity contribution >= 4 is 11.6 Å². The van der Waals surface area contributed by atoms with Gasteiger partial charge in [0.05, 0.1) is 12.7 Å². The van der Waals surface area contributed by atoms with Gasteiger partial charge >= 0.3 is 0 Å². The first kappa shape index (κ1) is 10.8. The van der Waals surface area contributed by atoms with Crippen molar-refractivity contribution in [3.8, 4) is 0 Å². The van der Waals surface area contributed by atoms with E-state index in [4.69, 9.17) is 4.42 Å². The summed E-state index contributed by atoms with van der Waals surface area (Å²) >= 11 is 0. The number of aromatic nitrogens is 4. The number of anilines is 1. The van der Waals surface area contributed by atoms with Gasteiger partial charge in [0.1, 0.15) is 5.76 Å². The molecule has 0 saturated heterocycles. The molecule has 0 aromatic carbocycles. The van der Waals surface area contributed by atoms with Gasteiger partial charge in [-0.25, -0.2) is 9.50 Å². The van der Waals surface area contributed by atoms with Gasteiger partial charge in [-0.2, -0.15) is 4.98 Å². The zero-order valence-corrected chi connectivity index (χ0v) is 10.2. The van der Waals surface area contributed by atoms with Crippen LogP contribution in [0, 0.1) is 13.8 Å². The van der Waals surface area contributed by atoms with Crippen molar-refractivity contribution < 1.29 is 4.42 Å². The fraction of sp³-hybridized carbons (Fsp3) is 0.250. The zero-order chi connectivity index (χ0) is 12.5. The summed E-state index contributed by atoms with van der Waals surface area (Å²) in [6, 6.07) is 5.87. The minimum atomic E-state index is 0.476. The first-order valence-corrected chi connectivity index (χ1v) is 5.70. The maximum absolute atomic E-state index is 5.37. The van der Waals surface area contributed by atoms with E-state index in [1.807, 2.05) is 32.0 Å². The van der Waals surface area contributed by atoms with Gasteiger partial charge in [-0.1, -0.05) is 6.07 Å². The number of oxazole rings is 1. The van der Waals surface area contributed by atoms with Crippen LogP contribution in [-0.2, 0) is 6.54 Å². The fourth-order valence-electron chi connectivity index (χ4n) is 1.75. The van der Waals surface area contributed by atoms with Gasteiger partial charge in [0.2, 0.25) is 11.8 Å². The highest BCUT2D eigenvalue weighted by Crippen LogP contribution is 2.09. The SMILES string of the molecule is Cc1cnc(CNc2nc3cccc(C)n3n2)o1. The number of pyridine rings is 1. The van der Waals surface area contributed by atoms with Crippen molar-refractivity contribution in [1.29, 1.82) is 0 Å². The summed E-state index contributed by atoms with van der Waals surface area (Å²) < 4.78 is 7.16. The summed E-state index contributed by atoms with van der Waals surface area (Å²) in [5.74, 6) is 1.99. The molecule has 0 aliphatic rings. The van der Waals surface area contributed by atoms with Gasteiger partial charge in [0, 0.05) is 5.69 Å². The van der Waals surface area contributed by atoms with Crippen molar-refractivity contribution in [1.82, 2.24) is 19.6 Å². The highest BCUT2D eigenvalue weighted by atomic mass is 16.4. The maximum Gasteiger partial charge on any atom is 0.243 e. The third-order valence-corrected chi connectivity index (χ3v) is 2.62. The zero-order valence-electron chi connectivity index (χ0n) is 10.2. The molecule has 0 unspecified atom stereocenters. The largest absolute Gasteiger partial charge is 0.444 e. The standard InChI is InChI=1S/C12H13N5O/c1-8-4-3-5-10-15-12(16-17(8)10)14-7-11-13-6-9(2)18-11/h3-6H,7H2,1-2H3,(H,14,16). The Morgan fingerprint density at radius 3 is 2.94 bits per heavy atom. The predicted octanol–water partition coefficient (Wildman–Crippen LogP) is 1.95. The second-order valence-corrected chi connectivity index (χ2v) is 4.09. The van der Waals surface area contributed by atoms with Crippen LogP contribution < -0.4 is 5.32 Å². The van der Waals surface area contributed by atoms with Crippen LogP contribution in [0.3, 0.4) is 0 Å². The molecule has 0 amide bonds. The number of fused-ring (bicyclic) bond motifs is 1. The quantitative estimate of drug-likeness (QED) is 0.761. The Bertz CT molecular complexity index is 685. The van der Waals surface area contributed by atoms with Crippen LogP contribution in [-0.4, -0.2) is 19.6 Å². The summed E-state index contributed by atoms with van der Waals surface area (Å²) in [5, 5.41) is 7.45. The number of nitrogens with zero attached hydrogens (tertiary/aromatic N) is 4. The van der Waals surface area contributed by atoms with Crippen molar-refractivity contribution in [2.45, 2.75) is 20.4 Å². The van der Waals surface area contributed by atoms with Gasteiger partial charge in [-0.05, 0) is 26.0 Å². The normalized spacial score (nSPS) is 11.0. The molecule has 0 spiro atoms. The Kier molecular flexibility index (Phi) is 2.47. The second kappa shape index (κ2) is 4.14. The summed E-state index contributed by atoms with van der Waals surface area (Å²) in [6.45, 7) is 4.33. The van der Waals surface area contributed by atoms with Crippen LogP contribution in [0.15, 0.2) is 28.8 Å². The first-order valence-electron chi connectivity index (χ1n) is 5.70. The van der Waals surface area contributed by atoms with Crippen LogP contribution in [0.25, 0.3) is 5.65 Å². The molecule has 0 saturated carbocycles. The summed E-state index contributed by atoms with van der Waals surface area (Å²) in [4.78, 5) is 8.48. The van der Waals surface area contributed by atoms with E-state index >= 15 is 0 Å². The van der Waals surface area contributed by atoms with Crippen LogP contribution in [0.1, 0.15) is 17.3 Å². The van der Waals surface area contributed by atoms with Crippen molar-refractivity contribution in [2.24, 2.45) is 0 Å². The molecule has 18 heavy (non-hydrogen) atoms. The van der Waals surface area contributed by atoms with Crippen LogP contribution in [0.5, 0.6) is 0 Å². The van der Waals surface area contributed by atoms with Crippen LogP contribution >= 0.6 is 0 Å². The molecule has 0 aliphatic carbocycles. The lowest BCUT2D eigenvalue weighted by Gasteiger charge is -1.96. The van der Waals surface area contributed by atoms with E-state index in [0.717, 1.165) is 17.1 Å². The van der Waals surface area contributed by atoms with Crippen molar-refractivity contribution in [3.05, 3.63) is 41.7 Å². The number of rotatable bonds is 3. The average Bonchev–Trinajstić information content (AvgIpc) is 2.93. The Balaban J connectivity index is 1.81. The summed E-state index contributed by atoms with van der Waals surface area (Å²) in [6.07, 6.45) is 1.69. The number of aryl methyl sites for hydroxylation is 2. The number of hydrogen-bond donors (Lipinski definition) is 1. The minimum Gasteiger partial charge on any atom is -0.444 e. The molecule has 0 aliphatic heterocycles. The smallest absolute Gasteiger partial charge is 0.243 e. The van der Waals surface area contributed by atoms with E-state index in [-0.39, 0.29) is 0 Å². The molecule has 3 aromatic heterocycles. The Hall–Kier alpha value is -2.37. The Labute approximate surface area is 104 Å². The van der Waals surface area contributed by atoms with Gasteiger partial charge in [-0.15, -0.1) is 5.10 Å². The highest BCUT2D eigenvalue weighted by molar-refractivity contribution is 5.44. The van der Waals surface area contributed by atoms with Gasteiger partial charge < -0.3 is 9.73 Å². The molecule has 0 atom stereocenters. The Morgan fingerprint density at radius 2 is 2.22 bits per heavy atom. The number of hydrogen-bond acceptors (Lipinski definition) is 5. The molecule has 1 N–H and O–H groups in total. The maximum atomic E-state index is 5.37. The second-order valence-electron chi connectivity index (χ2n) is 4.09. The van der Waals surface area contributed by atoms with E-state index in [1.54, 1.807) is 10.7 Å². The van der Waals surface area contributed by atoms with E-state index in [2.05, 4.69) is 20.4 Å². The molecule has 3 aromatic rings. The highest BCUT2D eigenvalue weighted by Gasteiger charge is 2.06. The summed E-state index contributed by atoms with van der Waals surface area (Å²) in [7, 11) is 0. The van der Waals surface area contributed by atoms with E-state index in [1.165, 1.54) is 0 Å². The van der Waals surface area contributed by atoms with Gasteiger partial charge in [0.15, 0.2) is 5.65 Å². The molecule has 6 heteroatoms. The van der Waals surface area contributed by atoms with E-state index < -0.39 is 0 Å². The molecular weight excluding hydrogens is 230 g/mol. The molecule has 0 fully saturated rings. The van der Waals surface area contributed by atoms with Crippen molar-refractivity contribution in [2.75, 3.05) is 5.32 Å². The summed E-state index contributed by atoms with van der Waals surface area (Å²) in [5.41, 5.74) is 1.86.